The minimum absolute atomic E-state index is 0.0610. The van der Waals surface area contributed by atoms with Crippen LogP contribution in [0.5, 0.6) is 5.75 Å². The van der Waals surface area contributed by atoms with Crippen molar-refractivity contribution in [3.8, 4) is 5.75 Å². The molecule has 1 atom stereocenters. The summed E-state index contributed by atoms with van der Waals surface area (Å²) in [5.41, 5.74) is 4.90. The smallest absolute Gasteiger partial charge is 0.165 e. The number of rotatable bonds is 7. The summed E-state index contributed by atoms with van der Waals surface area (Å²) >= 11 is 0. The van der Waals surface area contributed by atoms with E-state index in [0.717, 1.165) is 24.8 Å². The molecular weight excluding hydrogens is 267 g/mol. The standard InChI is InChI=1S/C17H21FN2O/c1-21-17-11-10-14(12-15(17)18)16(20-19)9-5-8-13-6-3-2-4-7-13/h2-4,6-7,10-12,16,20H,5,8-9,19H2,1H3. The average Bonchev–Trinajstić information content (AvgIpc) is 2.52. The molecule has 0 heterocycles. The zero-order valence-electron chi connectivity index (χ0n) is 12.2. The fraction of sp³-hybridized carbons (Fsp3) is 0.294. The number of hydrogen-bond donors (Lipinski definition) is 2. The second-order valence-electron chi connectivity index (χ2n) is 4.99. The van der Waals surface area contributed by atoms with E-state index in [0.29, 0.717) is 0 Å². The number of ether oxygens (including phenoxy) is 1. The van der Waals surface area contributed by atoms with E-state index in [1.165, 1.54) is 18.7 Å². The third-order valence-corrected chi connectivity index (χ3v) is 3.58. The van der Waals surface area contributed by atoms with Crippen molar-refractivity contribution < 1.29 is 9.13 Å². The van der Waals surface area contributed by atoms with Crippen molar-refractivity contribution in [2.45, 2.75) is 25.3 Å². The van der Waals surface area contributed by atoms with Gasteiger partial charge < -0.3 is 4.74 Å². The summed E-state index contributed by atoms with van der Waals surface area (Å²) in [7, 11) is 1.45. The van der Waals surface area contributed by atoms with E-state index in [2.05, 4.69) is 17.6 Å². The molecule has 21 heavy (non-hydrogen) atoms. The summed E-state index contributed by atoms with van der Waals surface area (Å²) in [6.07, 6.45) is 2.81. The Morgan fingerprint density at radius 2 is 1.95 bits per heavy atom. The molecule has 4 heteroatoms. The molecule has 0 aliphatic carbocycles. The molecule has 0 saturated heterocycles. The molecule has 0 bridgehead atoms. The lowest BCUT2D eigenvalue weighted by Gasteiger charge is -2.17. The van der Waals surface area contributed by atoms with Crippen molar-refractivity contribution >= 4 is 0 Å². The van der Waals surface area contributed by atoms with Gasteiger partial charge in [0.1, 0.15) is 0 Å². The molecule has 3 N–H and O–H groups in total. The van der Waals surface area contributed by atoms with E-state index in [-0.39, 0.29) is 17.6 Å². The number of hydrogen-bond acceptors (Lipinski definition) is 3. The van der Waals surface area contributed by atoms with Crippen molar-refractivity contribution in [1.29, 1.82) is 0 Å². The molecule has 112 valence electrons. The summed E-state index contributed by atoms with van der Waals surface area (Å²) in [6.45, 7) is 0. The number of benzene rings is 2. The average molecular weight is 288 g/mol. The van der Waals surface area contributed by atoms with Crippen molar-refractivity contribution in [2.75, 3.05) is 7.11 Å². The SMILES string of the molecule is COc1ccc(C(CCCc2ccccc2)NN)cc1F. The fourth-order valence-corrected chi connectivity index (χ4v) is 2.40. The van der Waals surface area contributed by atoms with Crippen LogP contribution in [0, 0.1) is 5.82 Å². The highest BCUT2D eigenvalue weighted by Gasteiger charge is 2.12. The predicted molar refractivity (Wildman–Crippen MR) is 82.4 cm³/mol. The van der Waals surface area contributed by atoms with Crippen molar-refractivity contribution in [3.05, 3.63) is 65.5 Å². The van der Waals surface area contributed by atoms with Crippen LogP contribution in [0.25, 0.3) is 0 Å². The summed E-state index contributed by atoms with van der Waals surface area (Å²) in [6, 6.07) is 15.2. The number of hydrazine groups is 1. The van der Waals surface area contributed by atoms with Gasteiger partial charge in [-0.3, -0.25) is 11.3 Å². The molecule has 1 unspecified atom stereocenters. The van der Waals surface area contributed by atoms with Crippen LogP contribution in [0.15, 0.2) is 48.5 Å². The molecule has 3 nitrogen and oxygen atoms in total. The van der Waals surface area contributed by atoms with E-state index in [1.54, 1.807) is 6.07 Å². The molecule has 0 spiro atoms. The summed E-state index contributed by atoms with van der Waals surface area (Å²) in [4.78, 5) is 0. The summed E-state index contributed by atoms with van der Waals surface area (Å²) < 4.78 is 18.7. The Kier molecular flexibility index (Phi) is 5.72. The van der Waals surface area contributed by atoms with Gasteiger partial charge in [0.25, 0.3) is 0 Å². The highest BCUT2D eigenvalue weighted by molar-refractivity contribution is 5.31. The van der Waals surface area contributed by atoms with Crippen molar-refractivity contribution in [3.63, 3.8) is 0 Å². The second-order valence-corrected chi connectivity index (χ2v) is 4.99. The Labute approximate surface area is 124 Å². The van der Waals surface area contributed by atoms with Gasteiger partial charge in [-0.05, 0) is 42.5 Å². The van der Waals surface area contributed by atoms with Crippen LogP contribution in [0.1, 0.15) is 30.0 Å². The lowest BCUT2D eigenvalue weighted by Crippen LogP contribution is -2.28. The van der Waals surface area contributed by atoms with Gasteiger partial charge in [-0.15, -0.1) is 0 Å². The zero-order valence-corrected chi connectivity index (χ0v) is 12.2. The maximum atomic E-state index is 13.7. The molecule has 0 radical (unpaired) electrons. The molecule has 2 aromatic rings. The quantitative estimate of drug-likeness (QED) is 0.606. The Morgan fingerprint density at radius 3 is 2.57 bits per heavy atom. The second kappa shape index (κ2) is 7.76. The number of halogens is 1. The minimum atomic E-state index is -0.363. The lowest BCUT2D eigenvalue weighted by molar-refractivity contribution is 0.385. The van der Waals surface area contributed by atoms with Gasteiger partial charge in [0.2, 0.25) is 0 Å². The summed E-state index contributed by atoms with van der Waals surface area (Å²) in [5, 5.41) is 0. The lowest BCUT2D eigenvalue weighted by atomic mass is 9.99. The maximum Gasteiger partial charge on any atom is 0.165 e. The number of methoxy groups -OCH3 is 1. The number of aryl methyl sites for hydroxylation is 1. The third kappa shape index (κ3) is 4.28. The third-order valence-electron chi connectivity index (χ3n) is 3.58. The van der Waals surface area contributed by atoms with Gasteiger partial charge in [0.15, 0.2) is 11.6 Å². The number of nitrogens with two attached hydrogens (primary N) is 1. The van der Waals surface area contributed by atoms with Crippen LogP contribution >= 0.6 is 0 Å². The van der Waals surface area contributed by atoms with E-state index in [1.807, 2.05) is 24.3 Å². The largest absolute Gasteiger partial charge is 0.494 e. The van der Waals surface area contributed by atoms with Crippen molar-refractivity contribution in [2.24, 2.45) is 5.84 Å². The Hall–Kier alpha value is -1.91. The first-order valence-electron chi connectivity index (χ1n) is 7.08. The van der Waals surface area contributed by atoms with E-state index >= 15 is 0 Å². The van der Waals surface area contributed by atoms with Crippen LogP contribution < -0.4 is 16.0 Å². The molecule has 2 rings (SSSR count). The molecule has 0 saturated carbocycles. The van der Waals surface area contributed by atoms with Crippen LogP contribution in [0.2, 0.25) is 0 Å². The fourth-order valence-electron chi connectivity index (χ4n) is 2.40. The van der Waals surface area contributed by atoms with Crippen LogP contribution in [-0.4, -0.2) is 7.11 Å². The van der Waals surface area contributed by atoms with Crippen LogP contribution in [0.4, 0.5) is 4.39 Å². The molecule has 0 aromatic heterocycles. The predicted octanol–water partition coefficient (Wildman–Crippen LogP) is 3.36. The zero-order chi connectivity index (χ0) is 15.1. The first-order chi connectivity index (χ1) is 10.2. The Balaban J connectivity index is 1.95. The highest BCUT2D eigenvalue weighted by Crippen LogP contribution is 2.24. The van der Waals surface area contributed by atoms with Gasteiger partial charge in [-0.2, -0.15) is 0 Å². The van der Waals surface area contributed by atoms with Gasteiger partial charge in [0.05, 0.1) is 7.11 Å². The maximum absolute atomic E-state index is 13.7. The monoisotopic (exact) mass is 288 g/mol. The molecule has 0 fully saturated rings. The van der Waals surface area contributed by atoms with Crippen molar-refractivity contribution in [1.82, 2.24) is 5.43 Å². The first-order valence-corrected chi connectivity index (χ1v) is 7.08. The Morgan fingerprint density at radius 1 is 1.19 bits per heavy atom. The molecule has 0 aliphatic rings. The van der Waals surface area contributed by atoms with Crippen LogP contribution in [-0.2, 0) is 6.42 Å². The topological polar surface area (TPSA) is 47.3 Å². The van der Waals surface area contributed by atoms with E-state index in [4.69, 9.17) is 10.6 Å². The first kappa shape index (κ1) is 15.5. The molecule has 0 amide bonds. The van der Waals surface area contributed by atoms with E-state index in [9.17, 15) is 4.39 Å². The highest BCUT2D eigenvalue weighted by atomic mass is 19.1. The van der Waals surface area contributed by atoms with Gasteiger partial charge in [0, 0.05) is 6.04 Å². The van der Waals surface area contributed by atoms with Gasteiger partial charge >= 0.3 is 0 Å². The Bertz CT molecular complexity index is 560. The number of nitrogens with one attached hydrogen (secondary N) is 1. The summed E-state index contributed by atoms with van der Waals surface area (Å²) in [5.74, 6) is 5.49. The van der Waals surface area contributed by atoms with Gasteiger partial charge in [-0.1, -0.05) is 36.4 Å². The van der Waals surface area contributed by atoms with Gasteiger partial charge in [-0.25, -0.2) is 4.39 Å². The minimum Gasteiger partial charge on any atom is -0.494 e. The van der Waals surface area contributed by atoms with Crippen LogP contribution in [0.3, 0.4) is 0 Å². The molecule has 2 aromatic carbocycles. The molecule has 0 aliphatic heterocycles. The molecular formula is C17H21FN2O. The van der Waals surface area contributed by atoms with E-state index < -0.39 is 0 Å². The normalized spacial score (nSPS) is 12.1.